The van der Waals surface area contributed by atoms with E-state index in [-0.39, 0.29) is 0 Å². The molecule has 1 aromatic rings. The SMILES string of the molecule is CCCO[Si](OCCC)(OCCC)c1ccc(I)c(I)c1I. The molecule has 0 aliphatic heterocycles. The zero-order chi connectivity index (χ0) is 16.6. The fraction of sp³-hybridized carbons (Fsp3) is 0.600. The highest BCUT2D eigenvalue weighted by molar-refractivity contribution is 14.1. The Kier molecular flexibility index (Phi) is 11.0. The Morgan fingerprint density at radius 1 is 0.773 bits per heavy atom. The van der Waals surface area contributed by atoms with Crippen LogP contribution in [0.1, 0.15) is 40.0 Å². The maximum atomic E-state index is 6.23. The van der Waals surface area contributed by atoms with Crippen molar-refractivity contribution >= 4 is 81.8 Å². The van der Waals surface area contributed by atoms with E-state index in [1.54, 1.807) is 0 Å². The minimum Gasteiger partial charge on any atom is -0.370 e. The van der Waals surface area contributed by atoms with Crippen molar-refractivity contribution in [2.45, 2.75) is 40.0 Å². The second-order valence-corrected chi connectivity index (χ2v) is 10.7. The summed E-state index contributed by atoms with van der Waals surface area (Å²) in [7, 11) is -2.85. The standard InChI is InChI=1S/C15H23I3O3Si/c1-4-9-19-22(20-10-5-2,21-11-6-3)13-8-7-12(16)14(17)15(13)18/h7-8H,4-6,9-11H2,1-3H3. The molecule has 0 aliphatic rings. The summed E-state index contributed by atoms with van der Waals surface area (Å²) in [5.74, 6) is 0. The molecule has 0 unspecified atom stereocenters. The van der Waals surface area contributed by atoms with Crippen LogP contribution in [0.4, 0.5) is 0 Å². The average Bonchev–Trinajstić information content (AvgIpc) is 2.53. The maximum absolute atomic E-state index is 6.23. The molecular weight excluding hydrogens is 637 g/mol. The van der Waals surface area contributed by atoms with Crippen molar-refractivity contribution < 1.29 is 13.3 Å². The van der Waals surface area contributed by atoms with Gasteiger partial charge >= 0.3 is 8.80 Å². The van der Waals surface area contributed by atoms with Crippen LogP contribution in [0.2, 0.25) is 0 Å². The number of rotatable bonds is 10. The van der Waals surface area contributed by atoms with Gasteiger partial charge in [-0.25, -0.2) is 0 Å². The highest BCUT2D eigenvalue weighted by atomic mass is 127. The minimum atomic E-state index is -2.85. The molecule has 7 heteroatoms. The van der Waals surface area contributed by atoms with Gasteiger partial charge in [-0.3, -0.25) is 0 Å². The van der Waals surface area contributed by atoms with Crippen molar-refractivity contribution in [1.82, 2.24) is 0 Å². The topological polar surface area (TPSA) is 27.7 Å². The summed E-state index contributed by atoms with van der Waals surface area (Å²) in [6.07, 6.45) is 2.87. The first-order chi connectivity index (χ1) is 10.5. The van der Waals surface area contributed by atoms with Crippen LogP contribution in [0, 0.1) is 10.7 Å². The van der Waals surface area contributed by atoms with Crippen LogP contribution in [0.3, 0.4) is 0 Å². The van der Waals surface area contributed by atoms with E-state index in [4.69, 9.17) is 13.3 Å². The second kappa shape index (κ2) is 11.2. The summed E-state index contributed by atoms with van der Waals surface area (Å²) < 4.78 is 22.4. The average molecular weight is 660 g/mol. The number of halogens is 3. The van der Waals surface area contributed by atoms with Crippen molar-refractivity contribution in [2.75, 3.05) is 19.8 Å². The molecule has 0 spiro atoms. The molecule has 0 radical (unpaired) electrons. The monoisotopic (exact) mass is 660 g/mol. The van der Waals surface area contributed by atoms with E-state index in [9.17, 15) is 0 Å². The largest absolute Gasteiger partial charge is 0.538 e. The molecule has 22 heavy (non-hydrogen) atoms. The first-order valence-electron chi connectivity index (χ1n) is 7.58. The summed E-state index contributed by atoms with van der Waals surface area (Å²) in [5.41, 5.74) is 0. The Hall–Kier alpha value is 1.51. The van der Waals surface area contributed by atoms with Crippen molar-refractivity contribution in [2.24, 2.45) is 0 Å². The van der Waals surface area contributed by atoms with Crippen LogP contribution < -0.4 is 5.19 Å². The van der Waals surface area contributed by atoms with Gasteiger partial charge in [-0.1, -0.05) is 26.8 Å². The lowest BCUT2D eigenvalue weighted by Crippen LogP contribution is -2.58. The third-order valence-corrected chi connectivity index (χ3v) is 11.4. The Bertz CT molecular complexity index is 450. The van der Waals surface area contributed by atoms with E-state index >= 15 is 0 Å². The van der Waals surface area contributed by atoms with Crippen molar-refractivity contribution in [3.63, 3.8) is 0 Å². The van der Waals surface area contributed by atoms with Crippen molar-refractivity contribution in [1.29, 1.82) is 0 Å². The van der Waals surface area contributed by atoms with Crippen molar-refractivity contribution in [3.8, 4) is 0 Å². The van der Waals surface area contributed by atoms with Gasteiger partial charge in [0.2, 0.25) is 0 Å². The van der Waals surface area contributed by atoms with Crippen LogP contribution in [-0.4, -0.2) is 28.6 Å². The van der Waals surface area contributed by atoms with Gasteiger partial charge < -0.3 is 13.3 Å². The van der Waals surface area contributed by atoms with E-state index in [1.807, 2.05) is 0 Å². The summed E-state index contributed by atoms with van der Waals surface area (Å²) in [4.78, 5) is 0. The second-order valence-electron chi connectivity index (χ2n) is 4.82. The van der Waals surface area contributed by atoms with E-state index < -0.39 is 8.80 Å². The predicted molar refractivity (Wildman–Crippen MR) is 119 cm³/mol. The van der Waals surface area contributed by atoms with Crippen LogP contribution in [0.25, 0.3) is 0 Å². The molecular formula is C15H23I3O3Si. The van der Waals surface area contributed by atoms with Gasteiger partial charge in [0.15, 0.2) is 0 Å². The normalized spacial score (nSPS) is 11.9. The molecule has 3 nitrogen and oxygen atoms in total. The third kappa shape index (κ3) is 5.79. The Morgan fingerprint density at radius 2 is 1.23 bits per heavy atom. The molecule has 126 valence electrons. The maximum Gasteiger partial charge on any atom is 0.538 e. The highest BCUT2D eigenvalue weighted by Crippen LogP contribution is 2.24. The van der Waals surface area contributed by atoms with Gasteiger partial charge in [0, 0.05) is 35.7 Å². The van der Waals surface area contributed by atoms with E-state index in [0.717, 1.165) is 24.4 Å². The van der Waals surface area contributed by atoms with Crippen LogP contribution in [-0.2, 0) is 13.3 Å². The quantitative estimate of drug-likeness (QED) is 0.203. The zero-order valence-electron chi connectivity index (χ0n) is 13.3. The van der Waals surface area contributed by atoms with Gasteiger partial charge in [0.05, 0.1) is 0 Å². The Balaban J connectivity index is 3.28. The number of benzene rings is 1. The molecule has 0 aromatic heterocycles. The van der Waals surface area contributed by atoms with Crippen LogP contribution in [0.5, 0.6) is 0 Å². The lowest BCUT2D eigenvalue weighted by atomic mass is 10.4. The highest BCUT2D eigenvalue weighted by Gasteiger charge is 2.45. The smallest absolute Gasteiger partial charge is 0.370 e. The molecule has 0 aliphatic carbocycles. The predicted octanol–water partition coefficient (Wildman–Crippen LogP) is 4.93. The van der Waals surface area contributed by atoms with E-state index in [0.29, 0.717) is 19.8 Å². The zero-order valence-corrected chi connectivity index (χ0v) is 20.7. The summed E-state index contributed by atoms with van der Waals surface area (Å²) in [6, 6.07) is 4.25. The number of hydrogen-bond acceptors (Lipinski definition) is 3. The van der Waals surface area contributed by atoms with E-state index in [1.165, 1.54) is 10.7 Å². The lowest BCUT2D eigenvalue weighted by Gasteiger charge is -2.31. The van der Waals surface area contributed by atoms with Gasteiger partial charge in [-0.05, 0) is 93.1 Å². The summed E-state index contributed by atoms with van der Waals surface area (Å²) >= 11 is 7.14. The van der Waals surface area contributed by atoms with Crippen LogP contribution >= 0.6 is 67.8 Å². The molecule has 0 bridgehead atoms. The van der Waals surface area contributed by atoms with Crippen molar-refractivity contribution in [3.05, 3.63) is 22.8 Å². The Labute approximate surface area is 176 Å². The van der Waals surface area contributed by atoms with E-state index in [2.05, 4.69) is 101 Å². The molecule has 1 rings (SSSR count). The third-order valence-electron chi connectivity index (χ3n) is 2.85. The molecule has 1 aromatic carbocycles. The minimum absolute atomic E-state index is 0.665. The molecule has 0 saturated carbocycles. The lowest BCUT2D eigenvalue weighted by molar-refractivity contribution is 0.0730. The molecule has 0 saturated heterocycles. The molecule has 0 heterocycles. The fourth-order valence-corrected chi connectivity index (χ4v) is 7.80. The fourth-order valence-electron chi connectivity index (χ4n) is 1.83. The molecule has 0 atom stereocenters. The Morgan fingerprint density at radius 3 is 1.64 bits per heavy atom. The van der Waals surface area contributed by atoms with Gasteiger partial charge in [0.1, 0.15) is 0 Å². The summed E-state index contributed by atoms with van der Waals surface area (Å²) in [5, 5.41) is 1.10. The summed E-state index contributed by atoms with van der Waals surface area (Å²) in [6.45, 7) is 8.33. The van der Waals surface area contributed by atoms with Crippen LogP contribution in [0.15, 0.2) is 12.1 Å². The molecule has 0 amide bonds. The van der Waals surface area contributed by atoms with Gasteiger partial charge in [-0.15, -0.1) is 0 Å². The van der Waals surface area contributed by atoms with Gasteiger partial charge in [0.25, 0.3) is 0 Å². The number of hydrogen-bond donors (Lipinski definition) is 0. The first kappa shape index (κ1) is 21.5. The van der Waals surface area contributed by atoms with Gasteiger partial charge in [-0.2, -0.15) is 0 Å². The molecule has 0 fully saturated rings. The molecule has 0 N–H and O–H groups in total. The first-order valence-corrected chi connectivity index (χ1v) is 12.5.